The van der Waals surface area contributed by atoms with Gasteiger partial charge in [0.2, 0.25) is 11.5 Å². The molecule has 0 fully saturated rings. The summed E-state index contributed by atoms with van der Waals surface area (Å²) in [7, 11) is 4.46. The van der Waals surface area contributed by atoms with E-state index in [1.54, 1.807) is 12.1 Å². The molecule has 0 aliphatic carbocycles. The summed E-state index contributed by atoms with van der Waals surface area (Å²) in [4.78, 5) is 13.5. The van der Waals surface area contributed by atoms with Gasteiger partial charge in [-0.2, -0.15) is 5.26 Å². The zero-order chi connectivity index (χ0) is 21.7. The molecule has 0 saturated heterocycles. The smallest absolute Gasteiger partial charge is 0.205 e. The van der Waals surface area contributed by atoms with Gasteiger partial charge in [0.15, 0.2) is 11.5 Å². The molecule has 0 radical (unpaired) electrons. The average molecular weight is 441 g/mol. The maximum Gasteiger partial charge on any atom is 0.205 e. The van der Waals surface area contributed by atoms with Crippen LogP contribution in [-0.2, 0) is 5.75 Å². The van der Waals surface area contributed by atoms with Crippen LogP contribution >= 0.6 is 23.1 Å². The molecule has 6 nitrogen and oxygen atoms in total. The van der Waals surface area contributed by atoms with Gasteiger partial charge in [-0.1, -0.05) is 30.3 Å². The average Bonchev–Trinajstić information content (AvgIpc) is 3.11. The van der Waals surface area contributed by atoms with E-state index in [0.29, 0.717) is 39.0 Å². The number of benzene rings is 2. The first-order chi connectivity index (χ1) is 14.5. The van der Waals surface area contributed by atoms with Gasteiger partial charge in [-0.15, -0.1) is 23.1 Å². The number of anilines is 1. The Morgan fingerprint density at radius 3 is 2.27 bits per heavy atom. The van der Waals surface area contributed by atoms with Crippen molar-refractivity contribution < 1.29 is 19.0 Å². The van der Waals surface area contributed by atoms with Crippen molar-refractivity contribution in [3.8, 4) is 23.3 Å². The minimum absolute atomic E-state index is 0.191. The van der Waals surface area contributed by atoms with Crippen molar-refractivity contribution in [2.45, 2.75) is 9.96 Å². The summed E-state index contributed by atoms with van der Waals surface area (Å²) < 4.78 is 16.7. The first kappa shape index (κ1) is 21.6. The molecule has 1 heterocycles. The molecule has 0 aliphatic heterocycles. The standard InChI is InChI=1S/C22H20N2O4S2/c1-26-16-9-14(10-17(27-2)20(16)28-3)19(25)21-18(24)15(11-23)22(30-21)29-12-13-7-5-4-6-8-13/h4-10H,12,24H2,1-3H3. The zero-order valence-corrected chi connectivity index (χ0v) is 18.4. The molecule has 0 unspecified atom stereocenters. The van der Waals surface area contributed by atoms with Crippen molar-refractivity contribution in [1.29, 1.82) is 5.26 Å². The Kier molecular flexibility index (Phi) is 6.87. The number of nitrogen functional groups attached to an aromatic ring is 1. The first-order valence-corrected chi connectivity index (χ1v) is 10.7. The summed E-state index contributed by atoms with van der Waals surface area (Å²) in [6.07, 6.45) is 0. The van der Waals surface area contributed by atoms with Crippen LogP contribution in [0.25, 0.3) is 0 Å². The topological polar surface area (TPSA) is 94.6 Å². The number of ether oxygens (including phenoxy) is 3. The number of thiophene rings is 1. The summed E-state index contributed by atoms with van der Waals surface area (Å²) in [6, 6.07) is 15.2. The predicted octanol–water partition coefficient (Wildman–Crippen LogP) is 4.75. The highest BCUT2D eigenvalue weighted by Crippen LogP contribution is 2.42. The fourth-order valence-corrected chi connectivity index (χ4v) is 5.18. The van der Waals surface area contributed by atoms with Gasteiger partial charge >= 0.3 is 0 Å². The van der Waals surface area contributed by atoms with Gasteiger partial charge in [-0.25, -0.2) is 0 Å². The fraction of sp³-hybridized carbons (Fsp3) is 0.182. The summed E-state index contributed by atoms with van der Waals surface area (Å²) in [5, 5.41) is 9.59. The summed E-state index contributed by atoms with van der Waals surface area (Å²) in [6.45, 7) is 0. The zero-order valence-electron chi connectivity index (χ0n) is 16.7. The molecule has 0 aliphatic rings. The number of nitriles is 1. The van der Waals surface area contributed by atoms with Crippen LogP contribution in [0.1, 0.15) is 26.4 Å². The lowest BCUT2D eigenvalue weighted by Crippen LogP contribution is -2.05. The Bertz CT molecular complexity index is 1080. The molecule has 3 rings (SSSR count). The number of carbonyl (C=O) groups excluding carboxylic acids is 1. The Morgan fingerprint density at radius 2 is 1.73 bits per heavy atom. The van der Waals surface area contributed by atoms with Crippen molar-refractivity contribution in [3.05, 3.63) is 64.0 Å². The van der Waals surface area contributed by atoms with Crippen LogP contribution in [0.5, 0.6) is 17.2 Å². The predicted molar refractivity (Wildman–Crippen MR) is 119 cm³/mol. The van der Waals surface area contributed by atoms with Gasteiger partial charge in [-0.05, 0) is 17.7 Å². The second kappa shape index (κ2) is 9.57. The van der Waals surface area contributed by atoms with Gasteiger partial charge in [0, 0.05) is 11.3 Å². The van der Waals surface area contributed by atoms with Crippen molar-refractivity contribution in [2.75, 3.05) is 27.1 Å². The maximum atomic E-state index is 13.2. The normalized spacial score (nSPS) is 10.3. The third-order valence-corrected chi connectivity index (χ3v) is 6.92. The summed E-state index contributed by atoms with van der Waals surface area (Å²) >= 11 is 2.71. The number of hydrogen-bond acceptors (Lipinski definition) is 8. The number of thioether (sulfide) groups is 1. The summed E-state index contributed by atoms with van der Waals surface area (Å²) in [5.74, 6) is 1.50. The Balaban J connectivity index is 1.97. The Labute approximate surface area is 183 Å². The number of hydrogen-bond donors (Lipinski definition) is 1. The molecular formula is C22H20N2O4S2. The largest absolute Gasteiger partial charge is 0.493 e. The number of carbonyl (C=O) groups is 1. The maximum absolute atomic E-state index is 13.2. The van der Waals surface area contributed by atoms with Crippen LogP contribution in [0.3, 0.4) is 0 Å². The Morgan fingerprint density at radius 1 is 1.10 bits per heavy atom. The number of nitrogens with zero attached hydrogens (tertiary/aromatic N) is 1. The third kappa shape index (κ3) is 4.22. The number of ketones is 1. The van der Waals surface area contributed by atoms with Gasteiger partial charge < -0.3 is 19.9 Å². The number of rotatable bonds is 8. The molecular weight excluding hydrogens is 420 g/mol. The van der Waals surface area contributed by atoms with E-state index in [0.717, 1.165) is 9.77 Å². The molecule has 2 N–H and O–H groups in total. The van der Waals surface area contributed by atoms with E-state index in [4.69, 9.17) is 19.9 Å². The molecule has 154 valence electrons. The van der Waals surface area contributed by atoms with Crippen LogP contribution in [0.4, 0.5) is 5.69 Å². The minimum Gasteiger partial charge on any atom is -0.493 e. The van der Waals surface area contributed by atoms with E-state index < -0.39 is 0 Å². The van der Waals surface area contributed by atoms with Crippen LogP contribution in [0.2, 0.25) is 0 Å². The van der Waals surface area contributed by atoms with Gasteiger partial charge in [0.25, 0.3) is 0 Å². The van der Waals surface area contributed by atoms with Crippen molar-refractivity contribution in [1.82, 2.24) is 0 Å². The molecule has 30 heavy (non-hydrogen) atoms. The lowest BCUT2D eigenvalue weighted by Gasteiger charge is -2.13. The molecule has 3 aromatic rings. The molecule has 2 aromatic carbocycles. The quantitative estimate of drug-likeness (QED) is 0.399. The molecule has 0 atom stereocenters. The van der Waals surface area contributed by atoms with Crippen molar-refractivity contribution >= 4 is 34.6 Å². The van der Waals surface area contributed by atoms with E-state index in [1.807, 2.05) is 30.3 Å². The SMILES string of the molecule is COc1cc(C(=O)c2sc(SCc3ccccc3)c(C#N)c2N)cc(OC)c1OC. The molecule has 0 amide bonds. The van der Waals surface area contributed by atoms with Gasteiger partial charge in [-0.3, -0.25) is 4.79 Å². The summed E-state index contributed by atoms with van der Waals surface area (Å²) in [5.41, 5.74) is 8.16. The third-order valence-electron chi connectivity index (χ3n) is 4.37. The van der Waals surface area contributed by atoms with Crippen LogP contribution in [0, 0.1) is 11.3 Å². The second-order valence-corrected chi connectivity index (χ2v) is 8.40. The Hall–Kier alpha value is -3.15. The number of methoxy groups -OCH3 is 3. The first-order valence-electron chi connectivity index (χ1n) is 8.87. The van der Waals surface area contributed by atoms with E-state index >= 15 is 0 Å². The van der Waals surface area contributed by atoms with Crippen LogP contribution < -0.4 is 19.9 Å². The highest BCUT2D eigenvalue weighted by molar-refractivity contribution is 8.00. The monoisotopic (exact) mass is 440 g/mol. The molecule has 1 aromatic heterocycles. The lowest BCUT2D eigenvalue weighted by molar-refractivity contribution is 0.104. The highest BCUT2D eigenvalue weighted by atomic mass is 32.2. The van der Waals surface area contributed by atoms with E-state index in [-0.39, 0.29) is 11.5 Å². The van der Waals surface area contributed by atoms with Gasteiger partial charge in [0.05, 0.1) is 31.2 Å². The van der Waals surface area contributed by atoms with Crippen LogP contribution in [0.15, 0.2) is 46.7 Å². The second-order valence-electron chi connectivity index (χ2n) is 6.14. The van der Waals surface area contributed by atoms with E-state index in [2.05, 4.69) is 6.07 Å². The van der Waals surface area contributed by atoms with E-state index in [1.165, 1.54) is 44.4 Å². The minimum atomic E-state index is -0.306. The van der Waals surface area contributed by atoms with E-state index in [9.17, 15) is 10.1 Å². The highest BCUT2D eigenvalue weighted by Gasteiger charge is 2.25. The molecule has 0 saturated carbocycles. The van der Waals surface area contributed by atoms with Crippen LogP contribution in [-0.4, -0.2) is 27.1 Å². The van der Waals surface area contributed by atoms with Crippen molar-refractivity contribution in [3.63, 3.8) is 0 Å². The lowest BCUT2D eigenvalue weighted by atomic mass is 10.1. The van der Waals surface area contributed by atoms with Gasteiger partial charge in [0.1, 0.15) is 16.5 Å². The van der Waals surface area contributed by atoms with Crippen molar-refractivity contribution in [2.24, 2.45) is 0 Å². The number of nitrogens with two attached hydrogens (primary N) is 1. The fourth-order valence-electron chi connectivity index (χ4n) is 2.86. The molecule has 0 spiro atoms. The molecule has 8 heteroatoms. The molecule has 0 bridgehead atoms.